The van der Waals surface area contributed by atoms with E-state index in [0.717, 1.165) is 16.6 Å². The molecule has 1 saturated heterocycles. The van der Waals surface area contributed by atoms with Crippen LogP contribution >= 0.6 is 0 Å². The van der Waals surface area contributed by atoms with Crippen molar-refractivity contribution in [3.8, 4) is 5.75 Å². The number of para-hydroxylation sites is 1. The fourth-order valence-corrected chi connectivity index (χ4v) is 5.77. The minimum absolute atomic E-state index is 0.0270. The van der Waals surface area contributed by atoms with E-state index in [0.29, 0.717) is 35.5 Å². The molecule has 0 saturated carbocycles. The lowest BCUT2D eigenvalue weighted by molar-refractivity contribution is -0.192. The fraction of sp³-hybridized carbons (Fsp3) is 0.519. The molecule has 37 heavy (non-hydrogen) atoms. The van der Waals surface area contributed by atoms with Crippen molar-refractivity contribution in [2.45, 2.75) is 64.6 Å². The number of aromatic amines is 1. The first kappa shape index (κ1) is 27.2. The number of H-pyrrole nitrogens is 1. The largest absolute Gasteiger partial charge is 0.496 e. The topological polar surface area (TPSA) is 82.5 Å². The average molecular weight is 521 g/mol. The van der Waals surface area contributed by atoms with Crippen molar-refractivity contribution in [1.29, 1.82) is 0 Å². The van der Waals surface area contributed by atoms with E-state index >= 15 is 0 Å². The summed E-state index contributed by atoms with van der Waals surface area (Å²) >= 11 is 0. The summed E-state index contributed by atoms with van der Waals surface area (Å²) < 4.78 is 48.4. The van der Waals surface area contributed by atoms with Crippen molar-refractivity contribution < 1.29 is 23.0 Å². The van der Waals surface area contributed by atoms with Crippen LogP contribution in [0, 0.1) is 19.8 Å². The van der Waals surface area contributed by atoms with Gasteiger partial charge in [-0.15, -0.1) is 0 Å². The highest BCUT2D eigenvalue weighted by atomic mass is 19.4. The number of halogens is 3. The predicted molar refractivity (Wildman–Crippen MR) is 137 cm³/mol. The lowest BCUT2D eigenvalue weighted by atomic mass is 9.85. The third-order valence-corrected chi connectivity index (χ3v) is 7.78. The third-order valence-electron chi connectivity index (χ3n) is 7.78. The number of nitrogens with zero attached hydrogens (tertiary/aromatic N) is 2. The highest BCUT2D eigenvalue weighted by molar-refractivity contribution is 5.86. The Labute approximate surface area is 214 Å². The number of nitrogens with one attached hydrogen (secondary N) is 2. The van der Waals surface area contributed by atoms with Crippen molar-refractivity contribution in [3.63, 3.8) is 0 Å². The monoisotopic (exact) mass is 520 g/mol. The van der Waals surface area contributed by atoms with Gasteiger partial charge in [0.15, 0.2) is 0 Å². The number of pyridine rings is 1. The molecule has 3 N–H and O–H groups in total. The number of aliphatic hydroxyl groups is 1. The summed E-state index contributed by atoms with van der Waals surface area (Å²) in [4.78, 5) is 16.6. The number of aromatic nitrogens is 2. The zero-order valence-electron chi connectivity index (χ0n) is 21.8. The van der Waals surface area contributed by atoms with Gasteiger partial charge in [-0.2, -0.15) is 13.2 Å². The number of hydrogen-bond donors (Lipinski definition) is 3. The van der Waals surface area contributed by atoms with E-state index in [-0.39, 0.29) is 30.5 Å². The molecule has 1 fully saturated rings. The van der Waals surface area contributed by atoms with Crippen LogP contribution in [0.2, 0.25) is 0 Å². The molecular formula is C27H35F3N4O3. The maximum atomic E-state index is 13.7. The number of ether oxygens (including phenoxy) is 1. The molecule has 10 heteroatoms. The molecule has 4 unspecified atom stereocenters. The van der Waals surface area contributed by atoms with Gasteiger partial charge in [0.05, 0.1) is 12.7 Å². The molecule has 7 nitrogen and oxygen atoms in total. The van der Waals surface area contributed by atoms with Gasteiger partial charge < -0.3 is 19.4 Å². The number of fused-ring (bicyclic) bond motifs is 1. The normalized spacial score (nSPS) is 20.8. The van der Waals surface area contributed by atoms with Crippen LogP contribution in [0.25, 0.3) is 10.9 Å². The van der Waals surface area contributed by atoms with E-state index in [1.165, 1.54) is 19.1 Å². The highest BCUT2D eigenvalue weighted by Crippen LogP contribution is 2.41. The Hall–Kier alpha value is -2.82. The maximum absolute atomic E-state index is 13.7. The minimum Gasteiger partial charge on any atom is -0.496 e. The van der Waals surface area contributed by atoms with Crippen LogP contribution in [0.1, 0.15) is 54.5 Å². The number of alkyl halides is 3. The van der Waals surface area contributed by atoms with Crippen molar-refractivity contribution in [3.05, 3.63) is 63.2 Å². The Kier molecular flexibility index (Phi) is 7.73. The molecule has 1 aliphatic rings. The smallest absolute Gasteiger partial charge is 0.404 e. The maximum Gasteiger partial charge on any atom is 0.404 e. The van der Waals surface area contributed by atoms with Crippen LogP contribution in [0.3, 0.4) is 0 Å². The Bertz CT molecular complexity index is 1320. The minimum atomic E-state index is -4.28. The molecule has 0 bridgehead atoms. The number of rotatable bonds is 7. The summed E-state index contributed by atoms with van der Waals surface area (Å²) in [6.07, 6.45) is -4.70. The fourth-order valence-electron chi connectivity index (χ4n) is 5.77. The number of benzene rings is 1. The molecule has 0 aliphatic carbocycles. The second-order valence-electron chi connectivity index (χ2n) is 10.1. The van der Waals surface area contributed by atoms with Crippen molar-refractivity contribution in [1.82, 2.24) is 19.8 Å². The van der Waals surface area contributed by atoms with Gasteiger partial charge in [-0.05, 0) is 65.3 Å². The van der Waals surface area contributed by atoms with Gasteiger partial charge in [-0.3, -0.25) is 15.0 Å². The predicted octanol–water partition coefficient (Wildman–Crippen LogP) is 4.57. The molecule has 202 valence electrons. The van der Waals surface area contributed by atoms with Gasteiger partial charge in [-0.25, -0.2) is 0 Å². The van der Waals surface area contributed by atoms with Crippen LogP contribution < -0.4 is 15.6 Å². The van der Waals surface area contributed by atoms with Crippen LogP contribution in [-0.2, 0) is 6.54 Å². The van der Waals surface area contributed by atoms with Gasteiger partial charge >= 0.3 is 6.18 Å². The quantitative estimate of drug-likeness (QED) is 0.398. The number of aliphatic hydroxyl groups excluding tert-OH is 1. The van der Waals surface area contributed by atoms with E-state index < -0.39 is 18.4 Å². The van der Waals surface area contributed by atoms with Crippen LogP contribution in [0.4, 0.5) is 13.2 Å². The van der Waals surface area contributed by atoms with Gasteiger partial charge in [-0.1, -0.05) is 18.2 Å². The first-order chi connectivity index (χ1) is 17.4. The molecule has 4 rings (SSSR count). The molecule has 2 aromatic heterocycles. The summed E-state index contributed by atoms with van der Waals surface area (Å²) in [5, 5.41) is 15.1. The molecule has 4 atom stereocenters. The third kappa shape index (κ3) is 5.28. The standard InChI is InChI=1S/C27H35F3N4O3/c1-15-12-22(37-5)20(25(35)32-15)14-31-26(36)24-17(3)34(21-9-7-6-8-19(21)24)16(2)18-10-11-33(4)23(13-18)27(28,29)30/h6-9,12,16,18,23,26,31,36H,10-11,13-14H2,1-5H3,(H,32,35). The molecule has 1 aliphatic heterocycles. The first-order valence-corrected chi connectivity index (χ1v) is 12.5. The zero-order chi connectivity index (χ0) is 27.1. The Balaban J connectivity index is 1.65. The number of hydrogen-bond acceptors (Lipinski definition) is 5. The zero-order valence-corrected chi connectivity index (χ0v) is 21.8. The highest BCUT2D eigenvalue weighted by Gasteiger charge is 2.46. The molecule has 0 amide bonds. The van der Waals surface area contributed by atoms with E-state index in [2.05, 4.69) is 14.9 Å². The van der Waals surface area contributed by atoms with Crippen LogP contribution in [0.5, 0.6) is 5.75 Å². The van der Waals surface area contributed by atoms with E-state index in [1.54, 1.807) is 13.0 Å². The summed E-state index contributed by atoms with van der Waals surface area (Å²) in [7, 11) is 3.02. The van der Waals surface area contributed by atoms with E-state index in [9.17, 15) is 23.1 Å². The van der Waals surface area contributed by atoms with Crippen LogP contribution in [-0.4, -0.2) is 52.5 Å². The van der Waals surface area contributed by atoms with Crippen LogP contribution in [0.15, 0.2) is 35.1 Å². The molecular weight excluding hydrogens is 485 g/mol. The summed E-state index contributed by atoms with van der Waals surface area (Å²) in [6.45, 7) is 6.05. The summed E-state index contributed by atoms with van der Waals surface area (Å²) in [6, 6.07) is 7.64. The lowest BCUT2D eigenvalue weighted by Crippen LogP contribution is -2.49. The second kappa shape index (κ2) is 10.5. The summed E-state index contributed by atoms with van der Waals surface area (Å²) in [5.74, 6) is 0.251. The molecule has 3 heterocycles. The van der Waals surface area contributed by atoms with Gasteiger partial charge in [0.1, 0.15) is 18.0 Å². The number of likely N-dealkylation sites (tertiary alicyclic amines) is 1. The molecule has 0 radical (unpaired) electrons. The lowest BCUT2D eigenvalue weighted by Gasteiger charge is -2.40. The molecule has 3 aromatic rings. The Morgan fingerprint density at radius 2 is 1.97 bits per heavy atom. The molecule has 0 spiro atoms. The van der Waals surface area contributed by atoms with Gasteiger partial charge in [0.2, 0.25) is 0 Å². The van der Waals surface area contributed by atoms with Crippen molar-refractivity contribution in [2.75, 3.05) is 20.7 Å². The number of piperidine rings is 1. The average Bonchev–Trinajstić information content (AvgIpc) is 3.13. The van der Waals surface area contributed by atoms with Crippen molar-refractivity contribution in [2.24, 2.45) is 5.92 Å². The SMILES string of the molecule is COc1cc(C)[nH]c(=O)c1CNC(O)c1c(C)n(C(C)C2CCN(C)C(C(F)(F)F)C2)c2ccccc12. The van der Waals surface area contributed by atoms with E-state index in [4.69, 9.17) is 4.74 Å². The molecule has 1 aromatic carbocycles. The Morgan fingerprint density at radius 3 is 2.65 bits per heavy atom. The van der Waals surface area contributed by atoms with Gasteiger partial charge in [0.25, 0.3) is 5.56 Å². The number of methoxy groups -OCH3 is 1. The van der Waals surface area contributed by atoms with Crippen molar-refractivity contribution >= 4 is 10.9 Å². The number of aryl methyl sites for hydroxylation is 1. The Morgan fingerprint density at radius 1 is 1.27 bits per heavy atom. The second-order valence-corrected chi connectivity index (χ2v) is 10.1. The van der Waals surface area contributed by atoms with Gasteiger partial charge in [0, 0.05) is 40.4 Å². The summed E-state index contributed by atoms with van der Waals surface area (Å²) in [5.41, 5.74) is 3.01. The first-order valence-electron chi connectivity index (χ1n) is 12.5. The van der Waals surface area contributed by atoms with E-state index in [1.807, 2.05) is 38.1 Å².